The molecule has 3 aromatic rings. The summed E-state index contributed by atoms with van der Waals surface area (Å²) in [7, 11) is -3.53. The largest absolute Gasteiger partial charge is 0.398 e. The number of rotatable bonds is 5. The predicted molar refractivity (Wildman–Crippen MR) is 135 cm³/mol. The summed E-state index contributed by atoms with van der Waals surface area (Å²) in [6.07, 6.45) is 5.02. The van der Waals surface area contributed by atoms with Crippen molar-refractivity contribution < 1.29 is 18.0 Å². The monoisotopic (exact) mass is 507 g/mol. The van der Waals surface area contributed by atoms with E-state index in [9.17, 15) is 23.3 Å². The number of hydrogen-bond donors (Lipinski definition) is 3. The van der Waals surface area contributed by atoms with Crippen molar-refractivity contribution in [1.29, 1.82) is 5.26 Å². The van der Waals surface area contributed by atoms with Gasteiger partial charge in [0.05, 0.1) is 18.4 Å². The molecule has 12 heteroatoms. The van der Waals surface area contributed by atoms with Gasteiger partial charge in [-0.25, -0.2) is 13.4 Å². The molecule has 3 heterocycles. The van der Waals surface area contributed by atoms with Crippen molar-refractivity contribution in [2.24, 2.45) is 0 Å². The predicted octanol–water partition coefficient (Wildman–Crippen LogP) is 1.56. The van der Waals surface area contributed by atoms with Crippen LogP contribution in [0.25, 0.3) is 21.9 Å². The molecule has 1 saturated heterocycles. The quantitative estimate of drug-likeness (QED) is 0.345. The summed E-state index contributed by atoms with van der Waals surface area (Å²) in [5.74, 6) is -2.09. The first kappa shape index (κ1) is 25.0. The molecule has 36 heavy (non-hydrogen) atoms. The molecule has 2 amide bonds. The van der Waals surface area contributed by atoms with Crippen molar-refractivity contribution in [2.45, 2.75) is 25.8 Å². The maximum absolute atomic E-state index is 12.6. The number of aryl methyl sites for hydroxylation is 1. The number of anilines is 2. The first-order valence-electron chi connectivity index (χ1n) is 11.2. The molecule has 11 nitrogen and oxygen atoms in total. The van der Waals surface area contributed by atoms with Crippen molar-refractivity contribution in [2.75, 3.05) is 29.9 Å². The van der Waals surface area contributed by atoms with Gasteiger partial charge in [-0.3, -0.25) is 14.6 Å². The van der Waals surface area contributed by atoms with Crippen LogP contribution in [0.5, 0.6) is 0 Å². The van der Waals surface area contributed by atoms with Crippen molar-refractivity contribution in [3.8, 4) is 17.2 Å². The van der Waals surface area contributed by atoms with Crippen LogP contribution in [-0.4, -0.2) is 58.9 Å². The molecule has 0 spiro atoms. The highest BCUT2D eigenvalue weighted by Gasteiger charge is 2.44. The molecular formula is C24H25N7O4S. The highest BCUT2D eigenvalue weighted by molar-refractivity contribution is 7.89. The summed E-state index contributed by atoms with van der Waals surface area (Å²) in [6, 6.07) is 9.15. The van der Waals surface area contributed by atoms with Gasteiger partial charge in [0.15, 0.2) is 0 Å². The summed E-state index contributed by atoms with van der Waals surface area (Å²) in [4.78, 5) is 33.5. The van der Waals surface area contributed by atoms with E-state index < -0.39 is 27.4 Å². The number of amides is 2. The first-order valence-corrected chi connectivity index (χ1v) is 12.8. The molecule has 1 fully saturated rings. The molecule has 0 saturated carbocycles. The number of aromatic nitrogens is 2. The number of nitrogens with one attached hydrogen (secondary N) is 2. The number of carbonyl (C=O) groups excluding carboxylic acids is 2. The number of sulfonamides is 1. The van der Waals surface area contributed by atoms with Gasteiger partial charge in [0.1, 0.15) is 11.4 Å². The molecule has 1 aliphatic rings. The van der Waals surface area contributed by atoms with Crippen LogP contribution in [0.3, 0.4) is 0 Å². The molecule has 1 aromatic carbocycles. The van der Waals surface area contributed by atoms with Gasteiger partial charge in [0.2, 0.25) is 10.0 Å². The Bertz CT molecular complexity index is 1520. The highest BCUT2D eigenvalue weighted by atomic mass is 32.2. The summed E-state index contributed by atoms with van der Waals surface area (Å²) in [5.41, 5.74) is 8.01. The van der Waals surface area contributed by atoms with E-state index in [1.54, 1.807) is 18.5 Å². The van der Waals surface area contributed by atoms with Crippen molar-refractivity contribution in [1.82, 2.24) is 19.6 Å². The second-order valence-electron chi connectivity index (χ2n) is 8.63. The van der Waals surface area contributed by atoms with E-state index in [1.807, 2.05) is 31.2 Å². The third kappa shape index (κ3) is 4.84. The number of fused-ring (bicyclic) bond motifs is 1. The summed E-state index contributed by atoms with van der Waals surface area (Å²) >= 11 is 0. The third-order valence-corrected chi connectivity index (χ3v) is 8.05. The maximum Gasteiger partial charge on any atom is 0.314 e. The van der Waals surface area contributed by atoms with Gasteiger partial charge in [-0.15, -0.1) is 0 Å². The van der Waals surface area contributed by atoms with Crippen molar-refractivity contribution >= 4 is 44.1 Å². The molecule has 4 rings (SSSR count). The van der Waals surface area contributed by atoms with E-state index in [4.69, 9.17) is 5.73 Å². The Morgan fingerprint density at radius 3 is 2.72 bits per heavy atom. The number of nitrogens with zero attached hydrogens (tertiary/aromatic N) is 4. The Balaban J connectivity index is 1.53. The molecule has 0 radical (unpaired) electrons. The van der Waals surface area contributed by atoms with Gasteiger partial charge in [0, 0.05) is 41.8 Å². The lowest BCUT2D eigenvalue weighted by Crippen LogP contribution is -2.53. The Labute approximate surface area is 208 Å². The van der Waals surface area contributed by atoms with Gasteiger partial charge in [-0.05, 0) is 61.0 Å². The van der Waals surface area contributed by atoms with Crippen LogP contribution in [0.2, 0.25) is 0 Å². The number of hydrogen-bond acceptors (Lipinski definition) is 8. The lowest BCUT2D eigenvalue weighted by Gasteiger charge is -2.22. The number of nitrogens with two attached hydrogens (primary N) is 1. The number of benzene rings is 1. The van der Waals surface area contributed by atoms with Gasteiger partial charge in [0.25, 0.3) is 0 Å². The second-order valence-corrected chi connectivity index (χ2v) is 10.9. The SMILES string of the molecule is CCS(=O)(=O)N1CCC(C#N)(NC(=O)C(=O)Nc2cc3cc(-c4cnccc4C)cc(N)c3cn2)C1. The average molecular weight is 508 g/mol. The van der Waals surface area contributed by atoms with Crippen LogP contribution in [-0.2, 0) is 19.6 Å². The molecule has 0 bridgehead atoms. The van der Waals surface area contributed by atoms with Crippen LogP contribution in [0.15, 0.2) is 42.9 Å². The number of pyridine rings is 2. The van der Waals surface area contributed by atoms with E-state index in [-0.39, 0.29) is 31.1 Å². The van der Waals surface area contributed by atoms with Gasteiger partial charge in [-0.2, -0.15) is 9.57 Å². The molecule has 4 N–H and O–H groups in total. The Kier molecular flexibility index (Phi) is 6.62. The molecule has 1 atom stereocenters. The smallest absolute Gasteiger partial charge is 0.314 e. The van der Waals surface area contributed by atoms with E-state index >= 15 is 0 Å². The minimum Gasteiger partial charge on any atom is -0.398 e. The Hall–Kier alpha value is -4.08. The fourth-order valence-corrected chi connectivity index (χ4v) is 5.29. The van der Waals surface area contributed by atoms with Crippen LogP contribution >= 0.6 is 0 Å². The summed E-state index contributed by atoms with van der Waals surface area (Å²) in [6.45, 7) is 3.32. The number of nitrogen functional groups attached to an aromatic ring is 1. The first-order chi connectivity index (χ1) is 17.1. The van der Waals surface area contributed by atoms with Gasteiger partial charge in [-0.1, -0.05) is 0 Å². The average Bonchev–Trinajstić information content (AvgIpc) is 3.29. The Morgan fingerprint density at radius 2 is 2.03 bits per heavy atom. The number of nitriles is 1. The standard InChI is InChI=1S/C24H25N7O4S/c1-3-36(34,35)31-7-5-24(13-25,14-31)30-23(33)22(32)29-21-10-17-8-16(9-20(26)19(17)12-28-21)18-11-27-6-4-15(18)2/h4,6,8-12H,3,5,7,14,26H2,1-2H3,(H,30,33)(H,28,29,32). The van der Waals surface area contributed by atoms with Crippen molar-refractivity contribution in [3.63, 3.8) is 0 Å². The Morgan fingerprint density at radius 1 is 1.25 bits per heavy atom. The van der Waals surface area contributed by atoms with E-state index in [0.717, 1.165) is 21.0 Å². The second kappa shape index (κ2) is 9.52. The lowest BCUT2D eigenvalue weighted by atomic mass is 9.99. The lowest BCUT2D eigenvalue weighted by molar-refractivity contribution is -0.137. The minimum atomic E-state index is -3.53. The topological polar surface area (TPSA) is 171 Å². The van der Waals surface area contributed by atoms with E-state index in [0.29, 0.717) is 16.5 Å². The zero-order valence-electron chi connectivity index (χ0n) is 19.8. The van der Waals surface area contributed by atoms with Crippen molar-refractivity contribution in [3.05, 3.63) is 48.4 Å². The van der Waals surface area contributed by atoms with Gasteiger partial charge >= 0.3 is 11.8 Å². The molecule has 1 unspecified atom stereocenters. The zero-order valence-corrected chi connectivity index (χ0v) is 20.6. The minimum absolute atomic E-state index is 0.0752. The summed E-state index contributed by atoms with van der Waals surface area (Å²) < 4.78 is 25.4. The molecule has 2 aromatic heterocycles. The molecule has 186 valence electrons. The fraction of sp³-hybridized carbons (Fsp3) is 0.292. The molecule has 0 aliphatic carbocycles. The molecule has 1 aliphatic heterocycles. The highest BCUT2D eigenvalue weighted by Crippen LogP contribution is 2.31. The zero-order chi connectivity index (χ0) is 26.1. The number of carbonyl (C=O) groups is 2. The fourth-order valence-electron chi connectivity index (χ4n) is 4.14. The maximum atomic E-state index is 12.6. The van der Waals surface area contributed by atoms with Crippen LogP contribution in [0.4, 0.5) is 11.5 Å². The molecular weight excluding hydrogens is 482 g/mol. The van der Waals surface area contributed by atoms with E-state index in [2.05, 4.69) is 20.6 Å². The van der Waals surface area contributed by atoms with Gasteiger partial charge < -0.3 is 16.4 Å². The summed E-state index contributed by atoms with van der Waals surface area (Å²) in [5, 5.41) is 15.8. The van der Waals surface area contributed by atoms with Crippen LogP contribution in [0.1, 0.15) is 18.9 Å². The van der Waals surface area contributed by atoms with E-state index in [1.165, 1.54) is 13.1 Å². The van der Waals surface area contributed by atoms with Crippen LogP contribution < -0.4 is 16.4 Å². The normalized spacial score (nSPS) is 18.0. The third-order valence-electron chi connectivity index (χ3n) is 6.23. The van der Waals surface area contributed by atoms with Crippen LogP contribution in [0, 0.1) is 18.3 Å².